The van der Waals surface area contributed by atoms with E-state index in [0.717, 1.165) is 18.8 Å². The van der Waals surface area contributed by atoms with E-state index < -0.39 is 10.8 Å². The van der Waals surface area contributed by atoms with Crippen molar-refractivity contribution in [1.29, 1.82) is 5.26 Å². The van der Waals surface area contributed by atoms with Crippen LogP contribution in [-0.2, 0) is 4.79 Å². The minimum atomic E-state index is -0.544. The highest BCUT2D eigenvalue weighted by molar-refractivity contribution is 7.80. The molecule has 10 heteroatoms. The summed E-state index contributed by atoms with van der Waals surface area (Å²) in [6.45, 7) is 5.24. The SMILES string of the molecule is CCN(CC)c1ccc(/C=C(\C#N)C(N)=S)c(OCC(=O)Nc2cccc([N+](=O)[O-])c2)c1. The van der Waals surface area contributed by atoms with Crippen molar-refractivity contribution in [2.75, 3.05) is 29.9 Å². The monoisotopic (exact) mass is 453 g/mol. The number of carbonyl (C=O) groups excluding carboxylic acids is 1. The van der Waals surface area contributed by atoms with E-state index >= 15 is 0 Å². The fourth-order valence-electron chi connectivity index (χ4n) is 2.90. The normalized spacial score (nSPS) is 10.7. The molecule has 2 aromatic rings. The summed E-state index contributed by atoms with van der Waals surface area (Å²) in [5.41, 5.74) is 7.27. The largest absolute Gasteiger partial charge is 0.483 e. The maximum atomic E-state index is 12.4. The van der Waals surface area contributed by atoms with Crippen LogP contribution >= 0.6 is 12.2 Å². The number of nitriles is 1. The van der Waals surface area contributed by atoms with Gasteiger partial charge in [-0.3, -0.25) is 14.9 Å². The molecule has 0 radical (unpaired) electrons. The van der Waals surface area contributed by atoms with Crippen molar-refractivity contribution in [3.05, 3.63) is 63.7 Å². The number of nitro benzene ring substituents is 1. The van der Waals surface area contributed by atoms with Crippen molar-refractivity contribution in [3.8, 4) is 11.8 Å². The van der Waals surface area contributed by atoms with Crippen LogP contribution in [0.15, 0.2) is 48.0 Å². The van der Waals surface area contributed by atoms with Crippen molar-refractivity contribution < 1.29 is 14.5 Å². The molecule has 0 fully saturated rings. The fourth-order valence-corrected chi connectivity index (χ4v) is 3.01. The third-order valence-electron chi connectivity index (χ3n) is 4.51. The molecule has 1 amide bonds. The van der Waals surface area contributed by atoms with Gasteiger partial charge in [0.2, 0.25) is 0 Å². The summed E-state index contributed by atoms with van der Waals surface area (Å²) in [4.78, 5) is 24.8. The Hall–Kier alpha value is -3.97. The molecule has 0 saturated carbocycles. The fraction of sp³-hybridized carbons (Fsp3) is 0.227. The summed E-state index contributed by atoms with van der Waals surface area (Å²) < 4.78 is 5.74. The average molecular weight is 454 g/mol. The van der Waals surface area contributed by atoms with Crippen LogP contribution in [-0.4, -0.2) is 35.5 Å². The van der Waals surface area contributed by atoms with Crippen LogP contribution in [0.5, 0.6) is 5.75 Å². The average Bonchev–Trinajstić information content (AvgIpc) is 2.77. The first kappa shape index (κ1) is 24.3. The number of rotatable bonds is 10. The summed E-state index contributed by atoms with van der Waals surface area (Å²) in [6, 6.07) is 13.0. The Kier molecular flexibility index (Phi) is 8.68. The zero-order chi connectivity index (χ0) is 23.7. The van der Waals surface area contributed by atoms with Crippen molar-refractivity contribution in [3.63, 3.8) is 0 Å². The van der Waals surface area contributed by atoms with Gasteiger partial charge in [0, 0.05) is 48.2 Å². The third kappa shape index (κ3) is 6.52. The third-order valence-corrected chi connectivity index (χ3v) is 4.73. The summed E-state index contributed by atoms with van der Waals surface area (Å²) in [7, 11) is 0. The molecular formula is C22H23N5O4S. The van der Waals surface area contributed by atoms with Gasteiger partial charge in [-0.15, -0.1) is 0 Å². The molecule has 3 N–H and O–H groups in total. The predicted octanol–water partition coefficient (Wildman–Crippen LogP) is 3.65. The van der Waals surface area contributed by atoms with E-state index in [9.17, 15) is 20.2 Å². The Bertz CT molecular complexity index is 1090. The summed E-state index contributed by atoms with van der Waals surface area (Å²) in [5, 5.41) is 22.7. The van der Waals surface area contributed by atoms with Gasteiger partial charge < -0.3 is 20.7 Å². The standard InChI is InChI=1S/C22H23N5O4S/c1-3-26(4-2)18-9-8-15(10-16(13-23)22(24)32)20(12-18)31-14-21(28)25-17-6-5-7-19(11-17)27(29)30/h5-12H,3-4,14H2,1-2H3,(H2,24,32)(H,25,28)/b16-10+. The van der Waals surface area contributed by atoms with Crippen LogP contribution in [0.3, 0.4) is 0 Å². The number of non-ortho nitro benzene ring substituents is 1. The van der Waals surface area contributed by atoms with Gasteiger partial charge in [-0.1, -0.05) is 18.3 Å². The number of nitro groups is 1. The van der Waals surface area contributed by atoms with Gasteiger partial charge in [0.25, 0.3) is 11.6 Å². The molecule has 0 saturated heterocycles. The number of nitrogens with zero attached hydrogens (tertiary/aromatic N) is 3. The number of nitrogens with one attached hydrogen (secondary N) is 1. The number of hydrogen-bond donors (Lipinski definition) is 2. The van der Waals surface area contributed by atoms with E-state index in [0.29, 0.717) is 11.3 Å². The predicted molar refractivity (Wildman–Crippen MR) is 128 cm³/mol. The molecule has 2 aromatic carbocycles. The topological polar surface area (TPSA) is 135 Å². The van der Waals surface area contributed by atoms with E-state index in [2.05, 4.69) is 10.2 Å². The molecule has 0 atom stereocenters. The zero-order valence-electron chi connectivity index (χ0n) is 17.7. The van der Waals surface area contributed by atoms with Crippen molar-refractivity contribution >= 4 is 46.3 Å². The van der Waals surface area contributed by atoms with E-state index in [-0.39, 0.29) is 28.5 Å². The number of thiocarbonyl (C=S) groups is 1. The van der Waals surface area contributed by atoms with Gasteiger partial charge in [-0.2, -0.15) is 5.26 Å². The van der Waals surface area contributed by atoms with Gasteiger partial charge in [-0.25, -0.2) is 0 Å². The molecule has 0 aliphatic carbocycles. The first-order valence-electron chi connectivity index (χ1n) is 9.76. The van der Waals surface area contributed by atoms with E-state index in [1.54, 1.807) is 18.2 Å². The van der Waals surface area contributed by atoms with Crippen molar-refractivity contribution in [1.82, 2.24) is 0 Å². The highest BCUT2D eigenvalue weighted by Gasteiger charge is 2.13. The number of benzene rings is 2. The molecule has 9 nitrogen and oxygen atoms in total. The maximum Gasteiger partial charge on any atom is 0.271 e. The molecule has 0 heterocycles. The lowest BCUT2D eigenvalue weighted by molar-refractivity contribution is -0.384. The van der Waals surface area contributed by atoms with Crippen molar-refractivity contribution in [2.45, 2.75) is 13.8 Å². The summed E-state index contributed by atoms with van der Waals surface area (Å²) >= 11 is 4.90. The van der Waals surface area contributed by atoms with Crippen LogP contribution in [0.4, 0.5) is 17.1 Å². The first-order valence-corrected chi connectivity index (χ1v) is 10.2. The number of carbonyl (C=O) groups is 1. The molecule has 0 aliphatic rings. The Balaban J connectivity index is 2.27. The molecule has 0 unspecified atom stereocenters. The second kappa shape index (κ2) is 11.4. The number of nitrogens with two attached hydrogens (primary N) is 1. The van der Waals surface area contributed by atoms with Crippen LogP contribution in [0.25, 0.3) is 6.08 Å². The Labute approximate surface area is 191 Å². The Morgan fingerprint density at radius 1 is 1.31 bits per heavy atom. The molecule has 0 aromatic heterocycles. The zero-order valence-corrected chi connectivity index (χ0v) is 18.5. The lowest BCUT2D eigenvalue weighted by Gasteiger charge is -2.22. The van der Waals surface area contributed by atoms with Crippen LogP contribution in [0.1, 0.15) is 19.4 Å². The highest BCUT2D eigenvalue weighted by atomic mass is 32.1. The molecule has 2 rings (SSSR count). The summed E-state index contributed by atoms with van der Waals surface area (Å²) in [6.07, 6.45) is 1.50. The van der Waals surface area contributed by atoms with Gasteiger partial charge >= 0.3 is 0 Å². The molecule has 0 spiro atoms. The maximum absolute atomic E-state index is 12.4. The molecule has 32 heavy (non-hydrogen) atoms. The van der Waals surface area contributed by atoms with Gasteiger partial charge in [0.05, 0.1) is 10.5 Å². The molecule has 0 bridgehead atoms. The Morgan fingerprint density at radius 2 is 2.03 bits per heavy atom. The first-order chi connectivity index (χ1) is 15.3. The smallest absolute Gasteiger partial charge is 0.271 e. The molecule has 0 aliphatic heterocycles. The summed E-state index contributed by atoms with van der Waals surface area (Å²) in [5.74, 6) is -0.129. The molecular weight excluding hydrogens is 430 g/mol. The van der Waals surface area contributed by atoms with E-state index in [4.69, 9.17) is 22.7 Å². The number of ether oxygens (including phenoxy) is 1. The minimum Gasteiger partial charge on any atom is -0.483 e. The second-order valence-electron chi connectivity index (χ2n) is 6.57. The van der Waals surface area contributed by atoms with Crippen LogP contribution in [0.2, 0.25) is 0 Å². The highest BCUT2D eigenvalue weighted by Crippen LogP contribution is 2.28. The van der Waals surface area contributed by atoms with Gasteiger partial charge in [-0.05, 0) is 38.1 Å². The second-order valence-corrected chi connectivity index (χ2v) is 7.01. The number of anilines is 2. The number of hydrogen-bond acceptors (Lipinski definition) is 7. The van der Waals surface area contributed by atoms with Gasteiger partial charge in [0.1, 0.15) is 16.8 Å². The van der Waals surface area contributed by atoms with Gasteiger partial charge in [0.15, 0.2) is 6.61 Å². The van der Waals surface area contributed by atoms with E-state index in [1.165, 1.54) is 24.3 Å². The quantitative estimate of drug-likeness (QED) is 0.183. The lowest BCUT2D eigenvalue weighted by Crippen LogP contribution is -2.22. The van der Waals surface area contributed by atoms with Crippen LogP contribution in [0, 0.1) is 21.4 Å². The Morgan fingerprint density at radius 3 is 2.62 bits per heavy atom. The van der Waals surface area contributed by atoms with Crippen molar-refractivity contribution in [2.24, 2.45) is 5.73 Å². The minimum absolute atomic E-state index is 0.0466. The van der Waals surface area contributed by atoms with Crippen LogP contribution < -0.4 is 20.7 Å². The lowest BCUT2D eigenvalue weighted by atomic mass is 10.1. The molecule has 166 valence electrons. The number of amides is 1. The van der Waals surface area contributed by atoms with E-state index in [1.807, 2.05) is 26.0 Å².